The van der Waals surface area contributed by atoms with Crippen molar-refractivity contribution in [1.82, 2.24) is 0 Å². The Morgan fingerprint density at radius 3 is 2.47 bits per heavy atom. The Hall–Kier alpha value is -0.950. The van der Waals surface area contributed by atoms with Gasteiger partial charge in [0.25, 0.3) is 0 Å². The summed E-state index contributed by atoms with van der Waals surface area (Å²) in [7, 11) is 0. The van der Waals surface area contributed by atoms with Gasteiger partial charge in [0.05, 0.1) is 45.7 Å². The van der Waals surface area contributed by atoms with E-state index in [0.717, 1.165) is 0 Å². The Morgan fingerprint density at radius 1 is 1.16 bits per heavy atom. The molecule has 0 spiro atoms. The van der Waals surface area contributed by atoms with E-state index in [1.54, 1.807) is 6.92 Å². The van der Waals surface area contributed by atoms with E-state index in [-0.39, 0.29) is 19.3 Å². The molecule has 0 heterocycles. The first-order chi connectivity index (χ1) is 9.07. The fourth-order valence-corrected chi connectivity index (χ4v) is 1.09. The van der Waals surface area contributed by atoms with E-state index >= 15 is 0 Å². The molecular weight excluding hydrogens is 252 g/mol. The summed E-state index contributed by atoms with van der Waals surface area (Å²) in [6, 6.07) is 0. The molecule has 112 valence electrons. The van der Waals surface area contributed by atoms with Crippen molar-refractivity contribution >= 4 is 5.97 Å². The molecule has 1 N–H and O–H groups in total. The van der Waals surface area contributed by atoms with Crippen LogP contribution in [0.25, 0.3) is 0 Å². The summed E-state index contributed by atoms with van der Waals surface area (Å²) in [4.78, 5) is 11.0. The van der Waals surface area contributed by atoms with Crippen LogP contribution < -0.4 is 0 Å². The van der Waals surface area contributed by atoms with Crippen LogP contribution in [0.2, 0.25) is 0 Å². The summed E-state index contributed by atoms with van der Waals surface area (Å²) >= 11 is 0. The number of carbonyl (C=O) groups excluding carboxylic acids is 1. The van der Waals surface area contributed by atoms with Gasteiger partial charge < -0.3 is 24.1 Å². The van der Waals surface area contributed by atoms with Gasteiger partial charge in [0.1, 0.15) is 6.61 Å². The van der Waals surface area contributed by atoms with Gasteiger partial charge >= 0.3 is 5.97 Å². The van der Waals surface area contributed by atoms with Crippen molar-refractivity contribution in [2.75, 3.05) is 46.2 Å². The van der Waals surface area contributed by atoms with Crippen LogP contribution in [0.5, 0.6) is 0 Å². The van der Waals surface area contributed by atoms with Crippen molar-refractivity contribution < 1.29 is 28.8 Å². The van der Waals surface area contributed by atoms with E-state index in [2.05, 4.69) is 6.58 Å². The zero-order valence-electron chi connectivity index (χ0n) is 11.7. The van der Waals surface area contributed by atoms with Gasteiger partial charge in [-0.15, -0.1) is 0 Å². The number of esters is 1. The largest absolute Gasteiger partial charge is 0.460 e. The van der Waals surface area contributed by atoms with Crippen molar-refractivity contribution in [3.63, 3.8) is 0 Å². The van der Waals surface area contributed by atoms with Gasteiger partial charge in [-0.1, -0.05) is 6.58 Å². The second-order valence-electron chi connectivity index (χ2n) is 4.01. The van der Waals surface area contributed by atoms with Crippen molar-refractivity contribution in [2.45, 2.75) is 20.0 Å². The Kier molecular flexibility index (Phi) is 11.5. The maximum atomic E-state index is 11.0. The summed E-state index contributed by atoms with van der Waals surface area (Å²) in [6.45, 7) is 9.13. The second kappa shape index (κ2) is 12.1. The third-order valence-electron chi connectivity index (χ3n) is 2.03. The van der Waals surface area contributed by atoms with Gasteiger partial charge in [0.15, 0.2) is 0 Å². The average Bonchev–Trinajstić information content (AvgIpc) is 2.37. The van der Waals surface area contributed by atoms with Gasteiger partial charge in [0.2, 0.25) is 0 Å². The maximum absolute atomic E-state index is 11.0. The van der Waals surface area contributed by atoms with Gasteiger partial charge in [-0.2, -0.15) is 0 Å². The lowest BCUT2D eigenvalue weighted by molar-refractivity contribution is -0.140. The van der Waals surface area contributed by atoms with E-state index < -0.39 is 5.97 Å². The van der Waals surface area contributed by atoms with E-state index in [1.807, 2.05) is 6.92 Å². The molecule has 0 amide bonds. The van der Waals surface area contributed by atoms with Gasteiger partial charge in [-0.3, -0.25) is 0 Å². The van der Waals surface area contributed by atoms with Crippen molar-refractivity contribution in [3.05, 3.63) is 12.2 Å². The van der Waals surface area contributed by atoms with Crippen molar-refractivity contribution in [3.8, 4) is 0 Å². The predicted molar refractivity (Wildman–Crippen MR) is 69.9 cm³/mol. The predicted octanol–water partition coefficient (Wildman–Crippen LogP) is 0.536. The monoisotopic (exact) mass is 276 g/mol. The number of ether oxygens (including phenoxy) is 4. The Labute approximate surface area is 114 Å². The molecule has 0 fully saturated rings. The summed E-state index contributed by atoms with van der Waals surface area (Å²) < 4.78 is 20.6. The number of hydrogen-bond acceptors (Lipinski definition) is 6. The van der Waals surface area contributed by atoms with Crippen LogP contribution in [0.15, 0.2) is 12.2 Å². The third-order valence-corrected chi connectivity index (χ3v) is 2.03. The fourth-order valence-electron chi connectivity index (χ4n) is 1.09. The number of hydrogen-bond donors (Lipinski definition) is 1. The molecule has 0 radical (unpaired) electrons. The normalized spacial score (nSPS) is 12.2. The molecular formula is C13H24O6. The molecule has 6 heteroatoms. The quantitative estimate of drug-likeness (QED) is 0.318. The minimum atomic E-state index is -0.408. The number of carbonyl (C=O) groups is 1. The Balaban J connectivity index is 3.26. The molecule has 0 saturated carbocycles. The first kappa shape index (κ1) is 18.0. The zero-order valence-corrected chi connectivity index (χ0v) is 11.7. The lowest BCUT2D eigenvalue weighted by atomic mass is 10.4. The zero-order chi connectivity index (χ0) is 14.5. The highest BCUT2D eigenvalue weighted by atomic mass is 16.6. The molecule has 1 atom stereocenters. The third kappa shape index (κ3) is 11.9. The minimum Gasteiger partial charge on any atom is -0.460 e. The van der Waals surface area contributed by atoms with Crippen LogP contribution in [0.1, 0.15) is 13.8 Å². The van der Waals surface area contributed by atoms with Gasteiger partial charge in [-0.25, -0.2) is 4.79 Å². The molecule has 6 nitrogen and oxygen atoms in total. The number of aliphatic hydroxyl groups excluding tert-OH is 1. The van der Waals surface area contributed by atoms with Crippen LogP contribution in [0, 0.1) is 0 Å². The van der Waals surface area contributed by atoms with Crippen molar-refractivity contribution in [1.29, 1.82) is 0 Å². The second-order valence-corrected chi connectivity index (χ2v) is 4.01. The van der Waals surface area contributed by atoms with Crippen LogP contribution in [-0.4, -0.2) is 63.4 Å². The smallest absolute Gasteiger partial charge is 0.333 e. The topological polar surface area (TPSA) is 74.2 Å². The lowest BCUT2D eigenvalue weighted by Gasteiger charge is -2.13. The van der Waals surface area contributed by atoms with E-state index in [1.165, 1.54) is 0 Å². The molecule has 0 rings (SSSR count). The highest BCUT2D eigenvalue weighted by molar-refractivity contribution is 5.86. The highest BCUT2D eigenvalue weighted by Gasteiger charge is 2.03. The van der Waals surface area contributed by atoms with E-state index in [4.69, 9.17) is 24.1 Å². The van der Waals surface area contributed by atoms with Crippen LogP contribution in [0.4, 0.5) is 0 Å². The first-order valence-corrected chi connectivity index (χ1v) is 6.28. The summed E-state index contributed by atoms with van der Waals surface area (Å²) in [5.74, 6) is -0.408. The molecule has 0 aliphatic rings. The number of rotatable bonds is 12. The van der Waals surface area contributed by atoms with Gasteiger partial charge in [-0.05, 0) is 13.8 Å². The van der Waals surface area contributed by atoms with E-state index in [0.29, 0.717) is 38.6 Å². The van der Waals surface area contributed by atoms with Crippen LogP contribution >= 0.6 is 0 Å². The molecule has 0 saturated heterocycles. The molecule has 1 unspecified atom stereocenters. The fraction of sp³-hybridized carbons (Fsp3) is 0.769. The summed E-state index contributed by atoms with van der Waals surface area (Å²) in [6.07, 6.45) is -0.0450. The molecule has 0 aliphatic heterocycles. The Morgan fingerprint density at radius 2 is 1.84 bits per heavy atom. The molecule has 19 heavy (non-hydrogen) atoms. The SMILES string of the molecule is C=C(C)C(=O)OCCOCCOC(C)COCCO. The standard InChI is InChI=1S/C13H24O6/c1-11(2)13(15)19-9-7-16-6-8-18-12(3)10-17-5-4-14/h12,14H,1,4-10H2,2-3H3. The maximum Gasteiger partial charge on any atom is 0.333 e. The average molecular weight is 276 g/mol. The van der Waals surface area contributed by atoms with E-state index in [9.17, 15) is 4.79 Å². The molecule has 0 bridgehead atoms. The molecule has 0 aromatic heterocycles. The molecule has 0 aromatic rings. The minimum absolute atomic E-state index is 0.0126. The highest BCUT2D eigenvalue weighted by Crippen LogP contribution is 1.93. The van der Waals surface area contributed by atoms with Crippen molar-refractivity contribution in [2.24, 2.45) is 0 Å². The number of aliphatic hydroxyl groups is 1. The molecule has 0 aromatic carbocycles. The lowest BCUT2D eigenvalue weighted by Crippen LogP contribution is -2.20. The van der Waals surface area contributed by atoms with Crippen LogP contribution in [-0.2, 0) is 23.7 Å². The van der Waals surface area contributed by atoms with Crippen LogP contribution in [0.3, 0.4) is 0 Å². The first-order valence-electron chi connectivity index (χ1n) is 6.28. The summed E-state index contributed by atoms with van der Waals surface area (Å²) in [5.41, 5.74) is 0.375. The Bertz CT molecular complexity index is 254. The molecule has 0 aliphatic carbocycles. The summed E-state index contributed by atoms with van der Waals surface area (Å²) in [5, 5.41) is 8.52. The van der Waals surface area contributed by atoms with Gasteiger partial charge in [0, 0.05) is 5.57 Å².